The Labute approximate surface area is 149 Å². The molecule has 2 aromatic carbocycles. The number of carbonyl (C=O) groups is 1. The number of nitriles is 1. The van der Waals surface area contributed by atoms with Crippen molar-refractivity contribution >= 4 is 27.4 Å². The summed E-state index contributed by atoms with van der Waals surface area (Å²) in [6, 6.07) is 19.3. The molecule has 0 bridgehead atoms. The van der Waals surface area contributed by atoms with Gasteiger partial charge in [-0.1, -0.05) is 58.4 Å². The monoisotopic (exact) mass is 381 g/mol. The summed E-state index contributed by atoms with van der Waals surface area (Å²) in [7, 11) is 1.89. The molecule has 0 radical (unpaired) electrons. The Morgan fingerprint density at radius 1 is 1.17 bits per heavy atom. The molecule has 1 atom stereocenters. The highest BCUT2D eigenvalue weighted by Gasteiger charge is 2.29. The summed E-state index contributed by atoms with van der Waals surface area (Å²) in [6.45, 7) is 0. The van der Waals surface area contributed by atoms with Gasteiger partial charge in [0.25, 0.3) is 0 Å². The number of benzene rings is 2. The first-order valence-electron chi connectivity index (χ1n) is 7.58. The van der Waals surface area contributed by atoms with Gasteiger partial charge in [-0.05, 0) is 17.7 Å². The van der Waals surface area contributed by atoms with E-state index in [0.29, 0.717) is 5.70 Å². The fourth-order valence-electron chi connectivity index (χ4n) is 2.82. The van der Waals surface area contributed by atoms with Crippen LogP contribution in [0.5, 0.6) is 0 Å². The van der Waals surface area contributed by atoms with Gasteiger partial charge in [0.15, 0.2) is 5.78 Å². The molecule has 1 heterocycles. The molecule has 0 saturated heterocycles. The standard InChI is InChI=1S/C19H16BrN3O/c1-23-17(13-7-9-15(20)10-8-13)11-18(24)16(12-21)19(22-23)14-5-3-2-4-6-14/h2-10,17,22H,11H2,1H3. The predicted molar refractivity (Wildman–Crippen MR) is 96.4 cm³/mol. The summed E-state index contributed by atoms with van der Waals surface area (Å²) in [4.78, 5) is 12.7. The van der Waals surface area contributed by atoms with E-state index >= 15 is 0 Å². The van der Waals surface area contributed by atoms with Gasteiger partial charge in [0.1, 0.15) is 11.6 Å². The average molecular weight is 382 g/mol. The molecule has 0 spiro atoms. The van der Waals surface area contributed by atoms with Crippen LogP contribution in [0.15, 0.2) is 64.6 Å². The molecule has 1 aliphatic heterocycles. The van der Waals surface area contributed by atoms with Gasteiger partial charge in [-0.15, -0.1) is 0 Å². The number of Topliss-reactive ketones (excluding diaryl/α,β-unsaturated/α-hetero) is 1. The van der Waals surface area contributed by atoms with E-state index < -0.39 is 0 Å². The third-order valence-corrected chi connectivity index (χ3v) is 4.62. The summed E-state index contributed by atoms with van der Waals surface area (Å²) in [6.07, 6.45) is 0.254. The fourth-order valence-corrected chi connectivity index (χ4v) is 3.09. The first-order chi connectivity index (χ1) is 11.6. The van der Waals surface area contributed by atoms with Crippen molar-refractivity contribution in [2.45, 2.75) is 12.5 Å². The molecule has 0 aromatic heterocycles. The Hall–Kier alpha value is -2.42. The van der Waals surface area contributed by atoms with Crippen LogP contribution in [0.3, 0.4) is 0 Å². The Balaban J connectivity index is 2.00. The van der Waals surface area contributed by atoms with Gasteiger partial charge < -0.3 is 5.43 Å². The maximum Gasteiger partial charge on any atom is 0.177 e. The minimum Gasteiger partial charge on any atom is -0.317 e. The molecule has 0 amide bonds. The minimum absolute atomic E-state index is 0.143. The summed E-state index contributed by atoms with van der Waals surface area (Å²) < 4.78 is 0.989. The molecule has 120 valence electrons. The highest BCUT2D eigenvalue weighted by molar-refractivity contribution is 9.10. The van der Waals surface area contributed by atoms with E-state index in [1.54, 1.807) is 0 Å². The second kappa shape index (κ2) is 7.00. The smallest absolute Gasteiger partial charge is 0.177 e. The molecular formula is C19H16BrN3O. The van der Waals surface area contributed by atoms with E-state index in [4.69, 9.17) is 0 Å². The summed E-state index contributed by atoms with van der Waals surface area (Å²) in [5.74, 6) is -0.152. The third kappa shape index (κ3) is 3.25. The first-order valence-corrected chi connectivity index (χ1v) is 8.37. The van der Waals surface area contributed by atoms with Gasteiger partial charge in [0, 0.05) is 23.5 Å². The number of halogens is 1. The second-order valence-electron chi connectivity index (χ2n) is 5.65. The molecule has 24 heavy (non-hydrogen) atoms. The lowest BCUT2D eigenvalue weighted by Crippen LogP contribution is -2.35. The van der Waals surface area contributed by atoms with Crippen LogP contribution in [0, 0.1) is 11.3 Å². The number of rotatable bonds is 2. The van der Waals surface area contributed by atoms with Gasteiger partial charge in [0.2, 0.25) is 0 Å². The summed E-state index contributed by atoms with van der Waals surface area (Å²) in [5, 5.41) is 11.4. The highest BCUT2D eigenvalue weighted by atomic mass is 79.9. The van der Waals surface area contributed by atoms with Gasteiger partial charge in [0.05, 0.1) is 11.7 Å². The lowest BCUT2D eigenvalue weighted by Gasteiger charge is -2.28. The number of allylic oxidation sites excluding steroid dienone is 1. The van der Waals surface area contributed by atoms with Crippen LogP contribution in [-0.4, -0.2) is 17.8 Å². The average Bonchev–Trinajstić information content (AvgIpc) is 2.73. The number of hydrogen-bond donors (Lipinski definition) is 1. The summed E-state index contributed by atoms with van der Waals surface area (Å²) in [5.41, 5.74) is 5.83. The van der Waals surface area contributed by atoms with Crippen molar-refractivity contribution in [1.82, 2.24) is 10.4 Å². The number of carbonyl (C=O) groups excluding carboxylic acids is 1. The zero-order valence-corrected chi connectivity index (χ0v) is 14.7. The first kappa shape index (κ1) is 16.4. The van der Waals surface area contributed by atoms with Crippen LogP contribution in [0.2, 0.25) is 0 Å². The summed E-state index contributed by atoms with van der Waals surface area (Å²) >= 11 is 3.43. The molecule has 5 heteroatoms. The van der Waals surface area contributed by atoms with E-state index in [9.17, 15) is 10.1 Å². The van der Waals surface area contributed by atoms with Crippen molar-refractivity contribution < 1.29 is 4.79 Å². The Morgan fingerprint density at radius 2 is 1.83 bits per heavy atom. The minimum atomic E-state index is -0.152. The number of nitrogens with zero attached hydrogens (tertiary/aromatic N) is 2. The molecule has 0 aliphatic carbocycles. The van der Waals surface area contributed by atoms with Crippen molar-refractivity contribution in [3.63, 3.8) is 0 Å². The Morgan fingerprint density at radius 3 is 2.46 bits per heavy atom. The quantitative estimate of drug-likeness (QED) is 0.858. The lowest BCUT2D eigenvalue weighted by atomic mass is 9.97. The zero-order valence-electron chi connectivity index (χ0n) is 13.2. The molecule has 4 nitrogen and oxygen atoms in total. The van der Waals surface area contributed by atoms with Gasteiger partial charge in [-0.3, -0.25) is 4.79 Å². The molecule has 1 aliphatic rings. The van der Waals surface area contributed by atoms with Crippen LogP contribution in [0.25, 0.3) is 5.70 Å². The molecule has 0 saturated carbocycles. The maximum absolute atomic E-state index is 12.7. The number of ketones is 1. The molecule has 2 aromatic rings. The van der Waals surface area contributed by atoms with E-state index in [-0.39, 0.29) is 23.8 Å². The van der Waals surface area contributed by atoms with Gasteiger partial charge in [-0.25, -0.2) is 5.01 Å². The Kier molecular flexibility index (Phi) is 4.79. The number of hydrogen-bond acceptors (Lipinski definition) is 4. The zero-order chi connectivity index (χ0) is 17.1. The van der Waals surface area contributed by atoms with Crippen LogP contribution in [0.4, 0.5) is 0 Å². The van der Waals surface area contributed by atoms with E-state index in [1.165, 1.54) is 0 Å². The second-order valence-corrected chi connectivity index (χ2v) is 6.56. The highest BCUT2D eigenvalue weighted by Crippen LogP contribution is 2.30. The molecular weight excluding hydrogens is 366 g/mol. The third-order valence-electron chi connectivity index (χ3n) is 4.09. The normalized spacial score (nSPS) is 18.7. The molecule has 1 N–H and O–H groups in total. The van der Waals surface area contributed by atoms with Gasteiger partial charge >= 0.3 is 0 Å². The van der Waals surface area contributed by atoms with Crippen molar-refractivity contribution in [3.05, 3.63) is 75.8 Å². The lowest BCUT2D eigenvalue weighted by molar-refractivity contribution is -0.116. The van der Waals surface area contributed by atoms with Crippen molar-refractivity contribution in [2.75, 3.05) is 7.05 Å². The van der Waals surface area contributed by atoms with Crippen LogP contribution in [0.1, 0.15) is 23.6 Å². The van der Waals surface area contributed by atoms with E-state index in [2.05, 4.69) is 27.4 Å². The van der Waals surface area contributed by atoms with Crippen LogP contribution in [-0.2, 0) is 4.79 Å². The predicted octanol–water partition coefficient (Wildman–Crippen LogP) is 3.83. The SMILES string of the molecule is CN1NC(c2ccccc2)=C(C#N)C(=O)CC1c1ccc(Br)cc1. The topological polar surface area (TPSA) is 56.1 Å². The number of hydrazine groups is 1. The largest absolute Gasteiger partial charge is 0.317 e. The van der Waals surface area contributed by atoms with Crippen molar-refractivity contribution in [1.29, 1.82) is 5.26 Å². The van der Waals surface area contributed by atoms with E-state index in [1.807, 2.05) is 66.7 Å². The molecule has 0 fully saturated rings. The van der Waals surface area contributed by atoms with Gasteiger partial charge in [-0.2, -0.15) is 5.26 Å². The fraction of sp³-hybridized carbons (Fsp3) is 0.158. The van der Waals surface area contributed by atoms with Crippen LogP contribution >= 0.6 is 15.9 Å². The molecule has 3 rings (SSSR count). The number of nitrogens with one attached hydrogen (secondary N) is 1. The van der Waals surface area contributed by atoms with Crippen molar-refractivity contribution in [3.8, 4) is 6.07 Å². The van der Waals surface area contributed by atoms with Crippen molar-refractivity contribution in [2.24, 2.45) is 0 Å². The van der Waals surface area contributed by atoms with E-state index in [0.717, 1.165) is 15.6 Å². The molecule has 1 unspecified atom stereocenters. The van der Waals surface area contributed by atoms with Crippen LogP contribution < -0.4 is 5.43 Å². The Bertz CT molecular complexity index is 822. The maximum atomic E-state index is 12.7.